The Balaban J connectivity index is 2.06. The maximum absolute atomic E-state index is 13.2. The van der Waals surface area contributed by atoms with E-state index in [0.717, 1.165) is 37.5 Å². The fourth-order valence-electron chi connectivity index (χ4n) is 2.86. The van der Waals surface area contributed by atoms with Gasteiger partial charge < -0.3 is 5.32 Å². The summed E-state index contributed by atoms with van der Waals surface area (Å²) in [6, 6.07) is 2.92. The van der Waals surface area contributed by atoms with E-state index in [-0.39, 0.29) is 11.3 Å². The summed E-state index contributed by atoms with van der Waals surface area (Å²) in [6.45, 7) is 2.63. The lowest BCUT2D eigenvalue weighted by molar-refractivity contribution is -0.385. The maximum atomic E-state index is 13.2. The van der Waals surface area contributed by atoms with Crippen molar-refractivity contribution in [3.63, 3.8) is 0 Å². The molecule has 1 aromatic rings. The second-order valence-electron chi connectivity index (χ2n) is 5.65. The number of nitro benzene ring substituents is 1. The SMILES string of the molecule is CC1CCCCC1CNC(=O)c1cc(F)ccc1[N+](=O)[O-]. The molecule has 0 saturated heterocycles. The van der Waals surface area contributed by atoms with Crippen LogP contribution in [0.25, 0.3) is 0 Å². The number of carbonyl (C=O) groups excluding carboxylic acids is 1. The van der Waals surface area contributed by atoms with E-state index in [1.54, 1.807) is 0 Å². The molecule has 1 aliphatic carbocycles. The lowest BCUT2D eigenvalue weighted by Gasteiger charge is -2.28. The van der Waals surface area contributed by atoms with Crippen LogP contribution >= 0.6 is 0 Å². The van der Waals surface area contributed by atoms with Gasteiger partial charge in [-0.25, -0.2) is 4.39 Å². The number of halogens is 1. The minimum absolute atomic E-state index is 0.219. The number of amides is 1. The normalized spacial score (nSPS) is 21.8. The summed E-state index contributed by atoms with van der Waals surface area (Å²) >= 11 is 0. The minimum atomic E-state index is -0.669. The van der Waals surface area contributed by atoms with Gasteiger partial charge in [-0.05, 0) is 30.4 Å². The average molecular weight is 294 g/mol. The summed E-state index contributed by atoms with van der Waals surface area (Å²) in [5, 5.41) is 13.6. The second kappa shape index (κ2) is 6.65. The van der Waals surface area contributed by atoms with Gasteiger partial charge in [0.25, 0.3) is 11.6 Å². The van der Waals surface area contributed by atoms with Crippen LogP contribution in [0.15, 0.2) is 18.2 Å². The summed E-state index contributed by atoms with van der Waals surface area (Å²) in [4.78, 5) is 22.3. The van der Waals surface area contributed by atoms with Crippen LogP contribution in [0.5, 0.6) is 0 Å². The number of benzene rings is 1. The third kappa shape index (κ3) is 3.77. The maximum Gasteiger partial charge on any atom is 0.282 e. The fourth-order valence-corrected chi connectivity index (χ4v) is 2.86. The van der Waals surface area contributed by atoms with Gasteiger partial charge in [-0.2, -0.15) is 0 Å². The molecule has 6 heteroatoms. The van der Waals surface area contributed by atoms with Crippen molar-refractivity contribution in [3.8, 4) is 0 Å². The van der Waals surface area contributed by atoms with Crippen LogP contribution in [0, 0.1) is 27.8 Å². The highest BCUT2D eigenvalue weighted by Gasteiger charge is 2.24. The van der Waals surface area contributed by atoms with Crippen molar-refractivity contribution >= 4 is 11.6 Å². The first kappa shape index (κ1) is 15.4. The number of nitrogens with one attached hydrogen (secondary N) is 1. The molecule has 0 heterocycles. The van der Waals surface area contributed by atoms with E-state index >= 15 is 0 Å². The number of hydrogen-bond donors (Lipinski definition) is 1. The minimum Gasteiger partial charge on any atom is -0.352 e. The van der Waals surface area contributed by atoms with Crippen molar-refractivity contribution in [2.45, 2.75) is 32.6 Å². The van der Waals surface area contributed by atoms with E-state index in [1.165, 1.54) is 6.42 Å². The lowest BCUT2D eigenvalue weighted by Crippen LogP contribution is -2.33. The lowest BCUT2D eigenvalue weighted by atomic mass is 9.80. The summed E-state index contributed by atoms with van der Waals surface area (Å²) in [5.41, 5.74) is -0.589. The molecule has 21 heavy (non-hydrogen) atoms. The first-order chi connectivity index (χ1) is 9.99. The zero-order chi connectivity index (χ0) is 15.4. The molecule has 1 saturated carbocycles. The first-order valence-electron chi connectivity index (χ1n) is 7.21. The van der Waals surface area contributed by atoms with Gasteiger partial charge in [0.05, 0.1) is 4.92 Å². The Morgan fingerprint density at radius 1 is 1.43 bits per heavy atom. The molecule has 0 radical (unpaired) electrons. The van der Waals surface area contributed by atoms with Gasteiger partial charge in [0.2, 0.25) is 0 Å². The van der Waals surface area contributed by atoms with E-state index in [1.807, 2.05) is 0 Å². The summed E-state index contributed by atoms with van der Waals surface area (Å²) in [6.07, 6.45) is 4.54. The van der Waals surface area contributed by atoms with Crippen LogP contribution in [0.2, 0.25) is 0 Å². The summed E-state index contributed by atoms with van der Waals surface area (Å²) < 4.78 is 13.2. The molecule has 1 aromatic carbocycles. The highest BCUT2D eigenvalue weighted by Crippen LogP contribution is 2.29. The number of nitro groups is 1. The number of nitrogens with zero attached hydrogens (tertiary/aromatic N) is 1. The Morgan fingerprint density at radius 2 is 2.14 bits per heavy atom. The molecule has 0 aromatic heterocycles. The fraction of sp³-hybridized carbons (Fsp3) is 0.533. The Bertz CT molecular complexity index is 548. The Hall–Kier alpha value is -1.98. The molecule has 1 aliphatic rings. The average Bonchev–Trinajstić information content (AvgIpc) is 2.45. The third-order valence-corrected chi connectivity index (χ3v) is 4.21. The third-order valence-electron chi connectivity index (χ3n) is 4.21. The molecule has 0 spiro atoms. The van der Waals surface area contributed by atoms with Gasteiger partial charge in [-0.15, -0.1) is 0 Å². The van der Waals surface area contributed by atoms with Crippen LogP contribution in [-0.4, -0.2) is 17.4 Å². The number of hydrogen-bond acceptors (Lipinski definition) is 3. The molecule has 2 unspecified atom stereocenters. The largest absolute Gasteiger partial charge is 0.352 e. The Kier molecular flexibility index (Phi) is 4.88. The van der Waals surface area contributed by atoms with Gasteiger partial charge in [0.15, 0.2) is 0 Å². The molecule has 114 valence electrons. The highest BCUT2D eigenvalue weighted by atomic mass is 19.1. The molecule has 1 amide bonds. The molecule has 2 atom stereocenters. The Labute approximate surface area is 122 Å². The van der Waals surface area contributed by atoms with Gasteiger partial charge in [0, 0.05) is 12.6 Å². The van der Waals surface area contributed by atoms with E-state index < -0.39 is 16.6 Å². The van der Waals surface area contributed by atoms with Gasteiger partial charge in [-0.3, -0.25) is 14.9 Å². The molecular formula is C15H19FN2O3. The zero-order valence-corrected chi connectivity index (χ0v) is 12.0. The van der Waals surface area contributed by atoms with Crippen molar-refractivity contribution in [3.05, 3.63) is 39.7 Å². The van der Waals surface area contributed by atoms with E-state index in [4.69, 9.17) is 0 Å². The van der Waals surface area contributed by atoms with E-state index in [9.17, 15) is 19.3 Å². The quantitative estimate of drug-likeness (QED) is 0.684. The van der Waals surface area contributed by atoms with Crippen molar-refractivity contribution in [1.29, 1.82) is 0 Å². The molecule has 0 bridgehead atoms. The molecule has 1 fully saturated rings. The number of carbonyl (C=O) groups is 1. The molecule has 0 aliphatic heterocycles. The van der Waals surface area contributed by atoms with Crippen LogP contribution in [-0.2, 0) is 0 Å². The summed E-state index contributed by atoms with van der Waals surface area (Å²) in [7, 11) is 0. The molecule has 5 nitrogen and oxygen atoms in total. The monoisotopic (exact) mass is 294 g/mol. The van der Waals surface area contributed by atoms with Gasteiger partial charge in [-0.1, -0.05) is 26.2 Å². The van der Waals surface area contributed by atoms with Crippen LogP contribution < -0.4 is 5.32 Å². The topological polar surface area (TPSA) is 72.2 Å². The van der Waals surface area contributed by atoms with Crippen molar-refractivity contribution in [1.82, 2.24) is 5.32 Å². The molecule has 2 rings (SSSR count). The predicted octanol–water partition coefficient (Wildman–Crippen LogP) is 3.29. The van der Waals surface area contributed by atoms with Crippen molar-refractivity contribution in [2.24, 2.45) is 11.8 Å². The summed E-state index contributed by atoms with van der Waals surface area (Å²) in [5.74, 6) is -0.326. The van der Waals surface area contributed by atoms with Crippen LogP contribution in [0.1, 0.15) is 43.0 Å². The zero-order valence-electron chi connectivity index (χ0n) is 12.0. The van der Waals surface area contributed by atoms with Crippen molar-refractivity contribution < 1.29 is 14.1 Å². The Morgan fingerprint density at radius 3 is 2.81 bits per heavy atom. The highest BCUT2D eigenvalue weighted by molar-refractivity contribution is 5.98. The standard InChI is InChI=1S/C15H19FN2O3/c1-10-4-2-3-5-11(10)9-17-15(19)13-8-12(16)6-7-14(13)18(20)21/h6-8,10-11H,2-5,9H2,1H3,(H,17,19). The molecule has 1 N–H and O–H groups in total. The first-order valence-corrected chi connectivity index (χ1v) is 7.21. The molecular weight excluding hydrogens is 275 g/mol. The smallest absolute Gasteiger partial charge is 0.282 e. The van der Waals surface area contributed by atoms with Crippen LogP contribution in [0.3, 0.4) is 0 Å². The predicted molar refractivity (Wildman–Crippen MR) is 76.5 cm³/mol. The van der Waals surface area contributed by atoms with Crippen LogP contribution in [0.4, 0.5) is 10.1 Å². The van der Waals surface area contributed by atoms with Gasteiger partial charge >= 0.3 is 0 Å². The van der Waals surface area contributed by atoms with Gasteiger partial charge in [0.1, 0.15) is 11.4 Å². The number of rotatable bonds is 4. The van der Waals surface area contributed by atoms with Crippen molar-refractivity contribution in [2.75, 3.05) is 6.54 Å². The van der Waals surface area contributed by atoms with E-state index in [2.05, 4.69) is 12.2 Å². The second-order valence-corrected chi connectivity index (χ2v) is 5.65. The van der Waals surface area contributed by atoms with E-state index in [0.29, 0.717) is 18.4 Å².